The second kappa shape index (κ2) is 9.80. The number of rotatable bonds is 8. The van der Waals surface area contributed by atoms with Gasteiger partial charge in [-0.05, 0) is 60.7 Å². The van der Waals surface area contributed by atoms with E-state index in [9.17, 15) is 13.2 Å². The molecule has 0 aliphatic rings. The summed E-state index contributed by atoms with van der Waals surface area (Å²) in [6.07, 6.45) is 1.78. The third kappa shape index (κ3) is 4.94. The van der Waals surface area contributed by atoms with Gasteiger partial charge in [0.2, 0.25) is 0 Å². The molecule has 0 amide bonds. The Labute approximate surface area is 198 Å². The van der Waals surface area contributed by atoms with E-state index in [4.69, 9.17) is 9.47 Å². The Balaban J connectivity index is 1.46. The third-order valence-electron chi connectivity index (χ3n) is 5.18. The van der Waals surface area contributed by atoms with E-state index in [2.05, 4.69) is 5.10 Å². The summed E-state index contributed by atoms with van der Waals surface area (Å²) in [5.74, 6) is -0.0219. The van der Waals surface area contributed by atoms with Gasteiger partial charge in [-0.3, -0.25) is 4.31 Å². The number of nitrogens with zero attached hydrogens (tertiary/aromatic N) is 3. The van der Waals surface area contributed by atoms with Gasteiger partial charge < -0.3 is 9.47 Å². The largest absolute Gasteiger partial charge is 0.497 e. The van der Waals surface area contributed by atoms with E-state index in [1.165, 1.54) is 38.4 Å². The van der Waals surface area contributed by atoms with Gasteiger partial charge in [-0.25, -0.2) is 17.9 Å². The standard InChI is InChI=1S/C25H23N3O5S/c1-27(21-11-13-23(32-2)14-12-21)34(30,31)24-10-6-7-19(17-24)25(29)33-18-20-15-16-28(26-20)22-8-4-3-5-9-22/h3-17H,18H2,1-2H3. The van der Waals surface area contributed by atoms with Crippen molar-refractivity contribution in [1.82, 2.24) is 9.78 Å². The van der Waals surface area contributed by atoms with Gasteiger partial charge in [0.1, 0.15) is 18.1 Å². The molecule has 0 aliphatic carbocycles. The first-order valence-corrected chi connectivity index (χ1v) is 11.8. The van der Waals surface area contributed by atoms with E-state index in [0.717, 1.165) is 9.99 Å². The minimum Gasteiger partial charge on any atom is -0.497 e. The summed E-state index contributed by atoms with van der Waals surface area (Å²) in [6, 6.07) is 23.7. The number of sulfonamides is 1. The zero-order valence-electron chi connectivity index (χ0n) is 18.7. The molecule has 0 atom stereocenters. The molecule has 0 spiro atoms. The molecule has 1 aromatic heterocycles. The molecule has 34 heavy (non-hydrogen) atoms. The van der Waals surface area contributed by atoms with Crippen LogP contribution in [0.1, 0.15) is 16.1 Å². The van der Waals surface area contributed by atoms with Crippen molar-refractivity contribution in [3.8, 4) is 11.4 Å². The van der Waals surface area contributed by atoms with E-state index >= 15 is 0 Å². The highest BCUT2D eigenvalue weighted by atomic mass is 32.2. The number of hydrogen-bond donors (Lipinski definition) is 0. The maximum Gasteiger partial charge on any atom is 0.338 e. The Morgan fingerprint density at radius 2 is 1.71 bits per heavy atom. The lowest BCUT2D eigenvalue weighted by Gasteiger charge is -2.20. The highest BCUT2D eigenvalue weighted by molar-refractivity contribution is 7.92. The minimum atomic E-state index is -3.89. The molecule has 0 N–H and O–H groups in total. The zero-order valence-corrected chi connectivity index (χ0v) is 19.5. The van der Waals surface area contributed by atoms with Crippen molar-refractivity contribution in [2.75, 3.05) is 18.5 Å². The van der Waals surface area contributed by atoms with Crippen LogP contribution in [0.2, 0.25) is 0 Å². The van der Waals surface area contributed by atoms with Crippen LogP contribution >= 0.6 is 0 Å². The molecule has 174 valence electrons. The summed E-state index contributed by atoms with van der Waals surface area (Å²) in [7, 11) is -0.907. The lowest BCUT2D eigenvalue weighted by Crippen LogP contribution is -2.26. The van der Waals surface area contributed by atoms with Crippen molar-refractivity contribution in [2.24, 2.45) is 0 Å². The molecule has 0 radical (unpaired) electrons. The first-order valence-electron chi connectivity index (χ1n) is 10.4. The van der Waals surface area contributed by atoms with Crippen LogP contribution in [0.4, 0.5) is 5.69 Å². The average molecular weight is 478 g/mol. The molecule has 0 unspecified atom stereocenters. The summed E-state index contributed by atoms with van der Waals surface area (Å²) < 4.78 is 39.5. The summed E-state index contributed by atoms with van der Waals surface area (Å²) in [5.41, 5.74) is 2.05. The number of para-hydroxylation sites is 1. The van der Waals surface area contributed by atoms with Gasteiger partial charge in [0.05, 0.1) is 28.9 Å². The van der Waals surface area contributed by atoms with Gasteiger partial charge >= 0.3 is 5.97 Å². The minimum absolute atomic E-state index is 0.0198. The van der Waals surface area contributed by atoms with Crippen molar-refractivity contribution in [3.63, 3.8) is 0 Å². The Morgan fingerprint density at radius 3 is 2.41 bits per heavy atom. The molecule has 0 bridgehead atoms. The second-order valence-corrected chi connectivity index (χ2v) is 9.33. The number of carbonyl (C=O) groups is 1. The smallest absolute Gasteiger partial charge is 0.338 e. The van der Waals surface area contributed by atoms with Gasteiger partial charge in [-0.1, -0.05) is 24.3 Å². The predicted molar refractivity (Wildman–Crippen MR) is 128 cm³/mol. The Morgan fingerprint density at radius 1 is 0.971 bits per heavy atom. The second-order valence-electron chi connectivity index (χ2n) is 7.36. The molecule has 8 nitrogen and oxygen atoms in total. The summed E-state index contributed by atoms with van der Waals surface area (Å²) in [5, 5.41) is 4.40. The Kier molecular flexibility index (Phi) is 6.65. The highest BCUT2D eigenvalue weighted by Crippen LogP contribution is 2.25. The molecule has 4 rings (SSSR count). The molecule has 4 aromatic rings. The van der Waals surface area contributed by atoms with E-state index in [-0.39, 0.29) is 17.1 Å². The van der Waals surface area contributed by atoms with Crippen LogP contribution in [-0.4, -0.2) is 38.3 Å². The van der Waals surface area contributed by atoms with Crippen LogP contribution in [0.3, 0.4) is 0 Å². The molecule has 9 heteroatoms. The van der Waals surface area contributed by atoms with Crippen LogP contribution in [0, 0.1) is 0 Å². The van der Waals surface area contributed by atoms with Crippen molar-refractivity contribution in [3.05, 3.63) is 102 Å². The number of methoxy groups -OCH3 is 1. The average Bonchev–Trinajstić information content (AvgIpc) is 3.36. The number of benzene rings is 3. The Hall–Kier alpha value is -4.11. The fourth-order valence-corrected chi connectivity index (χ4v) is 4.50. The maximum absolute atomic E-state index is 13.1. The fraction of sp³-hybridized carbons (Fsp3) is 0.120. The van der Waals surface area contributed by atoms with E-state index < -0.39 is 16.0 Å². The van der Waals surface area contributed by atoms with Gasteiger partial charge in [0.25, 0.3) is 10.0 Å². The van der Waals surface area contributed by atoms with Crippen molar-refractivity contribution in [2.45, 2.75) is 11.5 Å². The van der Waals surface area contributed by atoms with Gasteiger partial charge in [-0.2, -0.15) is 5.10 Å². The number of esters is 1. The number of aromatic nitrogens is 2. The first-order chi connectivity index (χ1) is 16.4. The third-order valence-corrected chi connectivity index (χ3v) is 6.96. The van der Waals surface area contributed by atoms with E-state index in [0.29, 0.717) is 17.1 Å². The topological polar surface area (TPSA) is 90.7 Å². The number of ether oxygens (including phenoxy) is 2. The molecule has 0 aliphatic heterocycles. The molecule has 0 fully saturated rings. The normalized spacial score (nSPS) is 11.1. The van der Waals surface area contributed by atoms with E-state index in [1.54, 1.807) is 41.2 Å². The van der Waals surface area contributed by atoms with Crippen LogP contribution in [0.5, 0.6) is 5.75 Å². The van der Waals surface area contributed by atoms with Crippen molar-refractivity contribution in [1.29, 1.82) is 0 Å². The van der Waals surface area contributed by atoms with Crippen molar-refractivity contribution >= 4 is 21.7 Å². The number of anilines is 1. The molecule has 1 heterocycles. The zero-order chi connectivity index (χ0) is 24.1. The summed E-state index contributed by atoms with van der Waals surface area (Å²) in [4.78, 5) is 12.6. The van der Waals surface area contributed by atoms with Crippen molar-refractivity contribution < 1.29 is 22.7 Å². The molecule has 0 saturated heterocycles. The van der Waals surface area contributed by atoms with E-state index in [1.807, 2.05) is 30.3 Å². The summed E-state index contributed by atoms with van der Waals surface area (Å²) >= 11 is 0. The molecule has 3 aromatic carbocycles. The predicted octanol–water partition coefficient (Wildman–Crippen LogP) is 4.06. The van der Waals surface area contributed by atoms with Crippen LogP contribution < -0.4 is 9.04 Å². The Bertz CT molecular complexity index is 1380. The van der Waals surface area contributed by atoms with Gasteiger partial charge in [-0.15, -0.1) is 0 Å². The highest BCUT2D eigenvalue weighted by Gasteiger charge is 2.23. The van der Waals surface area contributed by atoms with Crippen LogP contribution in [-0.2, 0) is 21.4 Å². The van der Waals surface area contributed by atoms with Gasteiger partial charge in [0, 0.05) is 13.2 Å². The van der Waals surface area contributed by atoms with Crippen LogP contribution in [0.25, 0.3) is 5.69 Å². The lowest BCUT2D eigenvalue weighted by molar-refractivity contribution is 0.0467. The first kappa shape index (κ1) is 23.1. The number of hydrogen-bond acceptors (Lipinski definition) is 6. The number of carbonyl (C=O) groups excluding carboxylic acids is 1. The monoisotopic (exact) mass is 477 g/mol. The maximum atomic E-state index is 13.1. The molecular formula is C25H23N3O5S. The summed E-state index contributed by atoms with van der Waals surface area (Å²) in [6.45, 7) is -0.0403. The van der Waals surface area contributed by atoms with Gasteiger partial charge in [0.15, 0.2) is 0 Å². The molecular weight excluding hydrogens is 454 g/mol. The fourth-order valence-electron chi connectivity index (χ4n) is 3.26. The lowest BCUT2D eigenvalue weighted by atomic mass is 10.2. The molecule has 0 saturated carbocycles. The SMILES string of the molecule is COc1ccc(N(C)S(=O)(=O)c2cccc(C(=O)OCc3ccn(-c4ccccc4)n3)c2)cc1. The quantitative estimate of drug-likeness (QED) is 0.356. The van der Waals surface area contributed by atoms with Crippen LogP contribution in [0.15, 0.2) is 96.0 Å².